The minimum absolute atomic E-state index is 0.352. The zero-order chi connectivity index (χ0) is 25.6. The van der Waals surface area contributed by atoms with Gasteiger partial charge in [-0.25, -0.2) is 9.96 Å². The number of anilines is 2. The Labute approximate surface area is 219 Å². The van der Waals surface area contributed by atoms with Gasteiger partial charge in [0, 0.05) is 5.02 Å². The number of methoxy groups -OCH3 is 1. The molecular weight excluding hydrogens is 488 g/mol. The Balaban J connectivity index is 1.60. The molecule has 4 aromatic carbocycles. The van der Waals surface area contributed by atoms with E-state index in [4.69, 9.17) is 21.2 Å². The minimum atomic E-state index is -1.34. The van der Waals surface area contributed by atoms with Crippen LogP contribution in [0.1, 0.15) is 17.2 Å². The van der Waals surface area contributed by atoms with E-state index in [2.05, 4.69) is 0 Å². The minimum Gasteiger partial charge on any atom is -0.497 e. The van der Waals surface area contributed by atoms with Gasteiger partial charge in [0.25, 0.3) is 5.91 Å². The molecule has 3 atom stereocenters. The third-order valence-electron chi connectivity index (χ3n) is 7.08. The average molecular weight is 511 g/mol. The van der Waals surface area contributed by atoms with Crippen molar-refractivity contribution in [3.63, 3.8) is 0 Å². The van der Waals surface area contributed by atoms with E-state index in [-0.39, 0.29) is 5.91 Å². The van der Waals surface area contributed by atoms with Crippen molar-refractivity contribution in [3.05, 3.63) is 125 Å². The highest BCUT2D eigenvalue weighted by molar-refractivity contribution is 6.31. The lowest BCUT2D eigenvalue weighted by molar-refractivity contribution is -0.126. The van der Waals surface area contributed by atoms with Crippen LogP contribution in [0.15, 0.2) is 109 Å². The lowest BCUT2D eigenvalue weighted by Crippen LogP contribution is -2.46. The molecule has 2 aliphatic rings. The lowest BCUT2D eigenvalue weighted by Gasteiger charge is -2.35. The Morgan fingerprint density at radius 3 is 2.03 bits per heavy atom. The van der Waals surface area contributed by atoms with Crippen molar-refractivity contribution in [2.24, 2.45) is 0 Å². The SMILES string of the molecule is COc1ccc([C@@H]2N(c3ccccc3)O[C@H]3C(=O)N(c4ccc(Cl)cc4)C(=O)[C@]23c2ccccc2)cc1. The van der Waals surface area contributed by atoms with E-state index < -0.39 is 23.5 Å². The summed E-state index contributed by atoms with van der Waals surface area (Å²) in [4.78, 5) is 36.3. The quantitative estimate of drug-likeness (QED) is 0.321. The summed E-state index contributed by atoms with van der Waals surface area (Å²) in [5.41, 5.74) is 1.37. The molecule has 0 aromatic heterocycles. The number of fused-ring (bicyclic) bond motifs is 1. The zero-order valence-electron chi connectivity index (χ0n) is 20.0. The fraction of sp³-hybridized carbons (Fsp3) is 0.133. The molecule has 2 fully saturated rings. The van der Waals surface area contributed by atoms with E-state index in [0.717, 1.165) is 11.3 Å². The fourth-order valence-electron chi connectivity index (χ4n) is 5.41. The van der Waals surface area contributed by atoms with Crippen LogP contribution in [0, 0.1) is 0 Å². The second kappa shape index (κ2) is 9.07. The number of imide groups is 1. The number of hydrogen-bond acceptors (Lipinski definition) is 5. The van der Waals surface area contributed by atoms with Gasteiger partial charge in [0.2, 0.25) is 5.91 Å². The number of para-hydroxylation sites is 1. The van der Waals surface area contributed by atoms with Crippen LogP contribution in [0.3, 0.4) is 0 Å². The topological polar surface area (TPSA) is 59.1 Å². The van der Waals surface area contributed by atoms with Crippen LogP contribution in [-0.4, -0.2) is 25.0 Å². The van der Waals surface area contributed by atoms with E-state index >= 15 is 0 Å². The molecule has 0 spiro atoms. The number of halogens is 1. The van der Waals surface area contributed by atoms with Gasteiger partial charge in [0.1, 0.15) is 17.2 Å². The largest absolute Gasteiger partial charge is 0.497 e. The summed E-state index contributed by atoms with van der Waals surface area (Å²) < 4.78 is 5.38. The van der Waals surface area contributed by atoms with Crippen molar-refractivity contribution in [1.29, 1.82) is 0 Å². The van der Waals surface area contributed by atoms with Crippen LogP contribution in [-0.2, 0) is 19.8 Å². The molecule has 37 heavy (non-hydrogen) atoms. The summed E-state index contributed by atoms with van der Waals surface area (Å²) in [5, 5.41) is 2.22. The maximum absolute atomic E-state index is 14.6. The number of hydrogen-bond donors (Lipinski definition) is 0. The third-order valence-corrected chi connectivity index (χ3v) is 7.33. The first-order valence-corrected chi connectivity index (χ1v) is 12.3. The average Bonchev–Trinajstić information content (AvgIpc) is 3.41. The van der Waals surface area contributed by atoms with Gasteiger partial charge in [-0.1, -0.05) is 72.3 Å². The molecule has 0 N–H and O–H groups in total. The van der Waals surface area contributed by atoms with Crippen molar-refractivity contribution in [2.75, 3.05) is 17.1 Å². The van der Waals surface area contributed by atoms with E-state index in [1.165, 1.54) is 4.90 Å². The Morgan fingerprint density at radius 1 is 0.784 bits per heavy atom. The first-order chi connectivity index (χ1) is 18.1. The maximum Gasteiger partial charge on any atom is 0.267 e. The summed E-state index contributed by atoms with van der Waals surface area (Å²) in [6, 6.07) is 32.5. The Kier molecular flexibility index (Phi) is 5.71. The molecule has 0 radical (unpaired) electrons. The highest BCUT2D eigenvalue weighted by Crippen LogP contribution is 2.57. The van der Waals surface area contributed by atoms with Crippen molar-refractivity contribution in [3.8, 4) is 5.75 Å². The smallest absolute Gasteiger partial charge is 0.267 e. The molecular formula is C30H23ClN2O4. The number of rotatable bonds is 5. The number of amides is 2. The molecule has 2 aliphatic heterocycles. The van der Waals surface area contributed by atoms with Crippen LogP contribution < -0.4 is 14.7 Å². The monoisotopic (exact) mass is 510 g/mol. The van der Waals surface area contributed by atoms with Crippen molar-refractivity contribution >= 4 is 34.8 Å². The predicted octanol–water partition coefficient (Wildman–Crippen LogP) is 5.72. The fourth-order valence-corrected chi connectivity index (χ4v) is 5.53. The molecule has 0 unspecified atom stereocenters. The molecule has 6 rings (SSSR count). The first-order valence-electron chi connectivity index (χ1n) is 11.9. The number of hydroxylamine groups is 1. The molecule has 0 saturated carbocycles. The molecule has 0 aliphatic carbocycles. The van der Waals surface area contributed by atoms with Crippen molar-refractivity contribution in [1.82, 2.24) is 0 Å². The second-order valence-electron chi connectivity index (χ2n) is 9.01. The predicted molar refractivity (Wildman–Crippen MR) is 142 cm³/mol. The van der Waals surface area contributed by atoms with Gasteiger partial charge in [-0.2, -0.15) is 0 Å². The van der Waals surface area contributed by atoms with Gasteiger partial charge in [0.15, 0.2) is 6.10 Å². The standard InChI is InChI=1S/C30H23ClN2O4/c1-36-25-18-12-20(13-19-25)26-30(21-8-4-2-5-9-21)27(37-33(26)24-10-6-3-7-11-24)28(34)32(29(30)35)23-16-14-22(31)15-17-23/h2-19,26-27H,1H3/t26-,27-,30+/m0/s1. The number of benzene rings is 4. The zero-order valence-corrected chi connectivity index (χ0v) is 20.7. The lowest BCUT2D eigenvalue weighted by atomic mass is 9.69. The van der Waals surface area contributed by atoms with Crippen LogP contribution in [0.4, 0.5) is 11.4 Å². The van der Waals surface area contributed by atoms with Gasteiger partial charge in [-0.15, -0.1) is 0 Å². The van der Waals surface area contributed by atoms with Crippen LogP contribution in [0.2, 0.25) is 5.02 Å². The molecule has 184 valence electrons. The molecule has 7 heteroatoms. The molecule has 0 bridgehead atoms. The molecule has 2 amide bonds. The number of ether oxygens (including phenoxy) is 1. The van der Waals surface area contributed by atoms with Gasteiger partial charge in [-0.3, -0.25) is 14.4 Å². The molecule has 2 saturated heterocycles. The molecule has 4 aromatic rings. The van der Waals surface area contributed by atoms with Crippen LogP contribution >= 0.6 is 11.6 Å². The number of carbonyl (C=O) groups excluding carboxylic acids is 2. The third kappa shape index (κ3) is 3.52. The first kappa shape index (κ1) is 23.3. The van der Waals surface area contributed by atoms with Crippen molar-refractivity contribution < 1.29 is 19.2 Å². The van der Waals surface area contributed by atoms with E-state index in [1.807, 2.05) is 84.9 Å². The Bertz CT molecular complexity index is 1440. The highest BCUT2D eigenvalue weighted by atomic mass is 35.5. The Hall–Kier alpha value is -4.13. The molecule has 6 nitrogen and oxygen atoms in total. The van der Waals surface area contributed by atoms with Gasteiger partial charge >= 0.3 is 0 Å². The Morgan fingerprint density at radius 2 is 1.41 bits per heavy atom. The summed E-state index contributed by atoms with van der Waals surface area (Å²) in [6.45, 7) is 0. The number of carbonyl (C=O) groups is 2. The summed E-state index contributed by atoms with van der Waals surface area (Å²) in [6.07, 6.45) is -1.08. The normalized spacial score (nSPS) is 22.9. The summed E-state index contributed by atoms with van der Waals surface area (Å²) in [7, 11) is 1.61. The van der Waals surface area contributed by atoms with Crippen molar-refractivity contribution in [2.45, 2.75) is 17.6 Å². The van der Waals surface area contributed by atoms with Crippen LogP contribution in [0.5, 0.6) is 5.75 Å². The second-order valence-corrected chi connectivity index (χ2v) is 9.45. The number of nitrogens with zero attached hydrogens (tertiary/aromatic N) is 2. The van der Waals surface area contributed by atoms with Gasteiger partial charge < -0.3 is 4.74 Å². The highest BCUT2D eigenvalue weighted by Gasteiger charge is 2.72. The summed E-state index contributed by atoms with van der Waals surface area (Å²) in [5.74, 6) is -0.0840. The van der Waals surface area contributed by atoms with Gasteiger partial charge in [0.05, 0.1) is 18.5 Å². The van der Waals surface area contributed by atoms with E-state index in [0.29, 0.717) is 22.0 Å². The summed E-state index contributed by atoms with van der Waals surface area (Å²) >= 11 is 6.10. The molecule has 2 heterocycles. The maximum atomic E-state index is 14.6. The van der Waals surface area contributed by atoms with E-state index in [1.54, 1.807) is 36.4 Å². The van der Waals surface area contributed by atoms with E-state index in [9.17, 15) is 9.59 Å². The van der Waals surface area contributed by atoms with Crippen LogP contribution in [0.25, 0.3) is 0 Å². The van der Waals surface area contributed by atoms with Gasteiger partial charge in [-0.05, 0) is 59.7 Å².